The minimum absolute atomic E-state index is 0.0899. The predicted octanol–water partition coefficient (Wildman–Crippen LogP) is 5.58. The minimum atomic E-state index is -0.775. The number of methoxy groups -OCH3 is 1. The lowest BCUT2D eigenvalue weighted by molar-refractivity contribution is -0.111. The Morgan fingerprint density at radius 1 is 1.09 bits per heavy atom. The van der Waals surface area contributed by atoms with Gasteiger partial charge in [-0.3, -0.25) is 10.1 Å². The van der Waals surface area contributed by atoms with Gasteiger partial charge >= 0.3 is 6.09 Å². The molecule has 0 fully saturated rings. The largest absolute Gasteiger partial charge is 0.504 e. The Morgan fingerprint density at radius 3 is 2.49 bits per heavy atom. The molecule has 0 aliphatic rings. The van der Waals surface area contributed by atoms with Crippen LogP contribution >= 0.6 is 11.8 Å². The number of hydrogen-bond acceptors (Lipinski definition) is 7. The summed E-state index contributed by atoms with van der Waals surface area (Å²) in [6.07, 6.45) is 3.63. The van der Waals surface area contributed by atoms with E-state index in [0.29, 0.717) is 28.4 Å². The Kier molecular flexibility index (Phi) is 9.02. The molecule has 1 atom stereocenters. The molecule has 0 aliphatic heterocycles. The smallest absolute Gasteiger partial charge is 0.412 e. The van der Waals surface area contributed by atoms with Crippen molar-refractivity contribution in [3.8, 4) is 11.5 Å². The SMILES string of the molecule is COc1ccc([C@H](C/C=C/C(=O)Nc2ccccc2N)OC(=O)Nc2ccc(SC)cc2)cc1O. The first-order valence-electron chi connectivity index (χ1n) is 10.7. The van der Waals surface area contributed by atoms with Crippen LogP contribution in [0.2, 0.25) is 0 Å². The summed E-state index contributed by atoms with van der Waals surface area (Å²) >= 11 is 1.60. The summed E-state index contributed by atoms with van der Waals surface area (Å²) in [6.45, 7) is 0. The molecule has 0 saturated heterocycles. The number of nitrogen functional groups attached to an aromatic ring is 1. The van der Waals surface area contributed by atoms with Gasteiger partial charge in [0.1, 0.15) is 6.10 Å². The second-order valence-corrected chi connectivity index (χ2v) is 8.27. The van der Waals surface area contributed by atoms with Gasteiger partial charge in [-0.1, -0.05) is 24.3 Å². The number of carbonyl (C=O) groups excluding carboxylic acids is 2. The van der Waals surface area contributed by atoms with E-state index < -0.39 is 12.2 Å². The summed E-state index contributed by atoms with van der Waals surface area (Å²) in [5, 5.41) is 15.6. The van der Waals surface area contributed by atoms with Gasteiger partial charge in [-0.2, -0.15) is 0 Å². The molecule has 182 valence electrons. The van der Waals surface area contributed by atoms with Gasteiger partial charge in [0.15, 0.2) is 11.5 Å². The van der Waals surface area contributed by atoms with E-state index in [4.69, 9.17) is 15.2 Å². The van der Waals surface area contributed by atoms with Crippen molar-refractivity contribution in [2.24, 2.45) is 0 Å². The first kappa shape index (κ1) is 25.5. The van der Waals surface area contributed by atoms with E-state index in [1.807, 2.05) is 18.4 Å². The zero-order chi connectivity index (χ0) is 25.2. The number of hydrogen-bond donors (Lipinski definition) is 4. The van der Waals surface area contributed by atoms with Crippen LogP contribution in [0.1, 0.15) is 18.1 Å². The van der Waals surface area contributed by atoms with E-state index in [-0.39, 0.29) is 18.1 Å². The first-order chi connectivity index (χ1) is 16.9. The molecule has 3 rings (SSSR count). The Bertz CT molecular complexity index is 1200. The zero-order valence-corrected chi connectivity index (χ0v) is 20.2. The van der Waals surface area contributed by atoms with E-state index in [9.17, 15) is 14.7 Å². The Morgan fingerprint density at radius 2 is 1.83 bits per heavy atom. The van der Waals surface area contributed by atoms with Crippen molar-refractivity contribution in [2.45, 2.75) is 17.4 Å². The van der Waals surface area contributed by atoms with Crippen LogP contribution in [0.15, 0.2) is 83.8 Å². The predicted molar refractivity (Wildman–Crippen MR) is 139 cm³/mol. The van der Waals surface area contributed by atoms with E-state index >= 15 is 0 Å². The molecule has 3 aromatic rings. The highest BCUT2D eigenvalue weighted by molar-refractivity contribution is 7.98. The van der Waals surface area contributed by atoms with Gasteiger partial charge in [-0.25, -0.2) is 4.79 Å². The number of anilines is 3. The summed E-state index contributed by atoms with van der Waals surface area (Å²) in [7, 11) is 1.44. The topological polar surface area (TPSA) is 123 Å². The number of benzene rings is 3. The standard InChI is InChI=1S/C26H27N3O5S/c1-33-24-15-10-17(16-22(24)30)23(34-26(32)28-18-11-13-19(35-2)14-12-18)8-5-9-25(31)29-21-7-4-3-6-20(21)27/h3-7,9-16,23,30H,8,27H2,1-2H3,(H,28,32)(H,29,31)/b9-5+/t23-/m0/s1. The molecule has 0 unspecified atom stereocenters. The van der Waals surface area contributed by atoms with Crippen molar-refractivity contribution in [3.05, 3.63) is 84.4 Å². The third-order valence-corrected chi connectivity index (χ3v) is 5.74. The molecular weight excluding hydrogens is 466 g/mol. The second-order valence-electron chi connectivity index (χ2n) is 7.39. The van der Waals surface area contributed by atoms with Crippen LogP contribution < -0.4 is 21.1 Å². The van der Waals surface area contributed by atoms with Crippen molar-refractivity contribution in [3.63, 3.8) is 0 Å². The number of para-hydroxylation sites is 2. The number of ether oxygens (including phenoxy) is 2. The molecule has 8 nitrogen and oxygen atoms in total. The number of carbonyl (C=O) groups is 2. The number of amides is 2. The first-order valence-corrected chi connectivity index (χ1v) is 11.9. The number of rotatable bonds is 9. The van der Waals surface area contributed by atoms with Gasteiger partial charge in [-0.15, -0.1) is 11.8 Å². The fraction of sp³-hybridized carbons (Fsp3) is 0.154. The number of aromatic hydroxyl groups is 1. The molecule has 0 aromatic heterocycles. The van der Waals surface area contributed by atoms with Gasteiger partial charge in [0, 0.05) is 17.0 Å². The molecule has 0 aliphatic carbocycles. The highest BCUT2D eigenvalue weighted by Gasteiger charge is 2.18. The molecule has 3 aromatic carbocycles. The van der Waals surface area contributed by atoms with Crippen molar-refractivity contribution in [2.75, 3.05) is 29.7 Å². The molecule has 5 N–H and O–H groups in total. The number of phenolic OH excluding ortho intramolecular Hbond substituents is 1. The maximum atomic E-state index is 12.6. The molecule has 0 bridgehead atoms. The van der Waals surface area contributed by atoms with Crippen LogP contribution in [-0.2, 0) is 9.53 Å². The number of thioether (sulfide) groups is 1. The summed E-state index contributed by atoms with van der Waals surface area (Å²) < 4.78 is 10.7. The van der Waals surface area contributed by atoms with Crippen LogP contribution in [0.5, 0.6) is 11.5 Å². The maximum absolute atomic E-state index is 12.6. The van der Waals surface area contributed by atoms with Gasteiger partial charge < -0.3 is 25.6 Å². The van der Waals surface area contributed by atoms with Gasteiger partial charge in [-0.05, 0) is 66.4 Å². The number of nitrogens with two attached hydrogens (primary N) is 1. The highest BCUT2D eigenvalue weighted by Crippen LogP contribution is 2.32. The number of nitrogens with one attached hydrogen (secondary N) is 2. The fourth-order valence-corrected chi connectivity index (χ4v) is 3.60. The summed E-state index contributed by atoms with van der Waals surface area (Å²) in [5.74, 6) is -0.174. The van der Waals surface area contributed by atoms with Crippen molar-refractivity contribution < 1.29 is 24.2 Å². The summed E-state index contributed by atoms with van der Waals surface area (Å²) in [4.78, 5) is 26.0. The molecule has 9 heteroatoms. The fourth-order valence-electron chi connectivity index (χ4n) is 3.19. The highest BCUT2D eigenvalue weighted by atomic mass is 32.2. The molecule has 35 heavy (non-hydrogen) atoms. The molecule has 2 amide bonds. The second kappa shape index (κ2) is 12.4. The molecule has 0 saturated carbocycles. The van der Waals surface area contributed by atoms with Crippen LogP contribution in [-0.4, -0.2) is 30.5 Å². The molecule has 0 heterocycles. The summed E-state index contributed by atoms with van der Waals surface area (Å²) in [5.41, 5.74) is 7.93. The van der Waals surface area contributed by atoms with Crippen LogP contribution in [0.4, 0.5) is 21.9 Å². The van der Waals surface area contributed by atoms with Crippen LogP contribution in [0, 0.1) is 0 Å². The van der Waals surface area contributed by atoms with E-state index in [2.05, 4.69) is 10.6 Å². The van der Waals surface area contributed by atoms with Crippen molar-refractivity contribution in [1.82, 2.24) is 0 Å². The number of phenols is 1. The quantitative estimate of drug-likeness (QED) is 0.174. The minimum Gasteiger partial charge on any atom is -0.504 e. The lowest BCUT2D eigenvalue weighted by Crippen LogP contribution is -2.17. The normalized spacial score (nSPS) is 11.6. The Labute approximate surface area is 208 Å². The molecule has 0 spiro atoms. The lowest BCUT2D eigenvalue weighted by atomic mass is 10.1. The van der Waals surface area contributed by atoms with Gasteiger partial charge in [0.25, 0.3) is 0 Å². The van der Waals surface area contributed by atoms with Crippen molar-refractivity contribution >= 4 is 40.8 Å². The summed E-state index contributed by atoms with van der Waals surface area (Å²) in [6, 6.07) is 19.0. The van der Waals surface area contributed by atoms with Crippen molar-refractivity contribution in [1.29, 1.82) is 0 Å². The Hall–Kier alpha value is -4.11. The average molecular weight is 494 g/mol. The molecule has 0 radical (unpaired) electrons. The van der Waals surface area contributed by atoms with Gasteiger partial charge in [0.2, 0.25) is 5.91 Å². The van der Waals surface area contributed by atoms with E-state index in [1.54, 1.807) is 66.4 Å². The third-order valence-electron chi connectivity index (χ3n) is 5.00. The van der Waals surface area contributed by atoms with Crippen LogP contribution in [0.25, 0.3) is 0 Å². The average Bonchev–Trinajstić information content (AvgIpc) is 2.85. The van der Waals surface area contributed by atoms with Gasteiger partial charge in [0.05, 0.1) is 18.5 Å². The lowest BCUT2D eigenvalue weighted by Gasteiger charge is -2.18. The van der Waals surface area contributed by atoms with E-state index in [0.717, 1.165) is 4.90 Å². The zero-order valence-electron chi connectivity index (χ0n) is 19.4. The van der Waals surface area contributed by atoms with Crippen LogP contribution in [0.3, 0.4) is 0 Å². The third kappa shape index (κ3) is 7.44. The Balaban J connectivity index is 1.71. The monoisotopic (exact) mass is 493 g/mol. The maximum Gasteiger partial charge on any atom is 0.412 e. The van der Waals surface area contributed by atoms with E-state index in [1.165, 1.54) is 19.3 Å². The molecular formula is C26H27N3O5S.